The Labute approximate surface area is 145 Å². The first-order chi connectivity index (χ1) is 12.1. The SMILES string of the molecule is N[C@@H](C(=O)O)c1ccccc1.O=C(O)c1cc([N+](=O)[O-])cc([N+](=O)[O-])c1. The van der Waals surface area contributed by atoms with Gasteiger partial charge in [-0.25, -0.2) is 4.79 Å². The van der Waals surface area contributed by atoms with E-state index in [2.05, 4.69) is 0 Å². The minimum atomic E-state index is -1.46. The van der Waals surface area contributed by atoms with Crippen LogP contribution in [0.1, 0.15) is 22.0 Å². The number of carboxylic acid groups (broad SMARTS) is 2. The molecule has 0 spiro atoms. The summed E-state index contributed by atoms with van der Waals surface area (Å²) in [7, 11) is 0. The number of nitro groups is 2. The molecule has 0 saturated heterocycles. The highest BCUT2D eigenvalue weighted by Gasteiger charge is 2.19. The summed E-state index contributed by atoms with van der Waals surface area (Å²) in [5, 5.41) is 37.7. The molecule has 2 aromatic rings. The first-order valence-corrected chi connectivity index (χ1v) is 6.84. The van der Waals surface area contributed by atoms with E-state index in [0.29, 0.717) is 11.6 Å². The Morgan fingerprint density at radius 2 is 1.38 bits per heavy atom. The lowest BCUT2D eigenvalue weighted by molar-refractivity contribution is -0.394. The summed E-state index contributed by atoms with van der Waals surface area (Å²) in [6.07, 6.45) is 0. The van der Waals surface area contributed by atoms with E-state index in [-0.39, 0.29) is 0 Å². The van der Waals surface area contributed by atoms with Crippen LogP contribution in [0.25, 0.3) is 0 Å². The number of nitrogens with zero attached hydrogens (tertiary/aromatic N) is 2. The molecule has 4 N–H and O–H groups in total. The second-order valence-electron chi connectivity index (χ2n) is 4.78. The molecule has 0 fully saturated rings. The van der Waals surface area contributed by atoms with Crippen molar-refractivity contribution in [2.24, 2.45) is 5.73 Å². The Bertz CT molecular complexity index is 759. The third-order valence-electron chi connectivity index (χ3n) is 3.00. The molecule has 0 radical (unpaired) electrons. The smallest absolute Gasteiger partial charge is 0.336 e. The van der Waals surface area contributed by atoms with Crippen molar-refractivity contribution in [2.75, 3.05) is 0 Å². The standard InChI is InChI=1S/C8H9NO2.C7H4N2O6/c9-7(8(10)11)6-4-2-1-3-5-6;10-7(11)4-1-5(8(12)13)3-6(2-4)9(14)15/h1-5,7H,9H2,(H,10,11);1-3H,(H,10,11)/t7-;/m1./s1. The van der Waals surface area contributed by atoms with E-state index in [1.54, 1.807) is 24.3 Å². The van der Waals surface area contributed by atoms with Crippen LogP contribution in [0.15, 0.2) is 48.5 Å². The minimum absolute atomic E-state index is 0.490. The predicted molar refractivity (Wildman–Crippen MR) is 87.7 cm³/mol. The molecular formula is C15H13N3O8. The predicted octanol–water partition coefficient (Wildman–Crippen LogP) is 1.97. The molecule has 0 unspecified atom stereocenters. The summed E-state index contributed by atoms with van der Waals surface area (Å²) < 4.78 is 0. The van der Waals surface area contributed by atoms with Crippen molar-refractivity contribution >= 4 is 23.3 Å². The zero-order valence-corrected chi connectivity index (χ0v) is 13.0. The first-order valence-electron chi connectivity index (χ1n) is 6.84. The second-order valence-corrected chi connectivity index (χ2v) is 4.78. The van der Waals surface area contributed by atoms with Gasteiger partial charge in [0.2, 0.25) is 0 Å². The fourth-order valence-corrected chi connectivity index (χ4v) is 1.73. The van der Waals surface area contributed by atoms with Crippen LogP contribution in [-0.4, -0.2) is 32.0 Å². The van der Waals surface area contributed by atoms with E-state index in [1.165, 1.54) is 0 Å². The van der Waals surface area contributed by atoms with Gasteiger partial charge in [0.25, 0.3) is 11.4 Å². The van der Waals surface area contributed by atoms with E-state index >= 15 is 0 Å². The number of nitro benzene ring substituents is 2. The monoisotopic (exact) mass is 363 g/mol. The zero-order valence-electron chi connectivity index (χ0n) is 13.0. The van der Waals surface area contributed by atoms with Crippen LogP contribution in [0.3, 0.4) is 0 Å². The lowest BCUT2D eigenvalue weighted by Crippen LogP contribution is -2.20. The highest BCUT2D eigenvalue weighted by Crippen LogP contribution is 2.22. The number of hydrogen-bond donors (Lipinski definition) is 3. The van der Waals surface area contributed by atoms with Gasteiger partial charge in [0, 0.05) is 12.1 Å². The third-order valence-corrected chi connectivity index (χ3v) is 3.00. The molecule has 1 atom stereocenters. The van der Waals surface area contributed by atoms with E-state index in [0.717, 1.165) is 12.1 Å². The van der Waals surface area contributed by atoms with Crippen LogP contribution >= 0.6 is 0 Å². The van der Waals surface area contributed by atoms with E-state index in [1.807, 2.05) is 6.07 Å². The van der Waals surface area contributed by atoms with Crippen molar-refractivity contribution in [1.82, 2.24) is 0 Å². The van der Waals surface area contributed by atoms with Gasteiger partial charge in [0.1, 0.15) is 6.04 Å². The summed E-state index contributed by atoms with van der Waals surface area (Å²) in [4.78, 5) is 39.8. The molecule has 0 amide bonds. The van der Waals surface area contributed by atoms with Gasteiger partial charge in [-0.2, -0.15) is 0 Å². The molecule has 0 aromatic heterocycles. The minimum Gasteiger partial charge on any atom is -0.480 e. The van der Waals surface area contributed by atoms with Gasteiger partial charge >= 0.3 is 11.9 Å². The molecule has 11 nitrogen and oxygen atoms in total. The molecule has 0 saturated carbocycles. The van der Waals surface area contributed by atoms with Gasteiger partial charge < -0.3 is 15.9 Å². The number of rotatable bonds is 5. The molecule has 11 heteroatoms. The average molecular weight is 363 g/mol. The van der Waals surface area contributed by atoms with Crippen LogP contribution in [-0.2, 0) is 4.79 Å². The number of carbonyl (C=O) groups is 2. The number of benzene rings is 2. The molecule has 0 bridgehead atoms. The summed E-state index contributed by atoms with van der Waals surface area (Å²) in [6, 6.07) is 10.0. The van der Waals surface area contributed by atoms with Crippen molar-refractivity contribution in [2.45, 2.75) is 6.04 Å². The number of nitrogens with two attached hydrogens (primary N) is 1. The van der Waals surface area contributed by atoms with Crippen molar-refractivity contribution in [3.63, 3.8) is 0 Å². The zero-order chi connectivity index (χ0) is 19.9. The van der Waals surface area contributed by atoms with Crippen molar-refractivity contribution in [3.8, 4) is 0 Å². The maximum Gasteiger partial charge on any atom is 0.336 e. The average Bonchev–Trinajstić information content (AvgIpc) is 2.61. The van der Waals surface area contributed by atoms with Crippen molar-refractivity contribution in [1.29, 1.82) is 0 Å². The molecule has 136 valence electrons. The number of aromatic carboxylic acids is 1. The molecule has 2 rings (SSSR count). The van der Waals surface area contributed by atoms with Crippen LogP contribution in [0.5, 0.6) is 0 Å². The normalized spacial score (nSPS) is 10.8. The van der Waals surface area contributed by atoms with Gasteiger partial charge in [0.05, 0.1) is 21.5 Å². The molecule has 2 aromatic carbocycles. The Hall–Kier alpha value is -3.86. The number of non-ortho nitro benzene ring substituents is 2. The fraction of sp³-hybridized carbons (Fsp3) is 0.0667. The Kier molecular flexibility index (Phi) is 6.87. The van der Waals surface area contributed by atoms with Crippen LogP contribution < -0.4 is 5.73 Å². The van der Waals surface area contributed by atoms with Gasteiger partial charge in [-0.3, -0.25) is 25.0 Å². The summed E-state index contributed by atoms with van der Waals surface area (Å²) in [6.45, 7) is 0. The summed E-state index contributed by atoms with van der Waals surface area (Å²) in [5.74, 6) is -2.46. The summed E-state index contributed by atoms with van der Waals surface area (Å²) >= 11 is 0. The fourth-order valence-electron chi connectivity index (χ4n) is 1.73. The Morgan fingerprint density at radius 1 is 0.923 bits per heavy atom. The number of hydrogen-bond acceptors (Lipinski definition) is 7. The molecule has 0 aliphatic carbocycles. The Balaban J connectivity index is 0.000000273. The maximum absolute atomic E-state index is 10.5. The van der Waals surface area contributed by atoms with Crippen LogP contribution in [0.2, 0.25) is 0 Å². The van der Waals surface area contributed by atoms with E-state index in [4.69, 9.17) is 15.9 Å². The van der Waals surface area contributed by atoms with Gasteiger partial charge in [-0.05, 0) is 5.56 Å². The molecular weight excluding hydrogens is 350 g/mol. The topological polar surface area (TPSA) is 187 Å². The Morgan fingerprint density at radius 3 is 1.73 bits per heavy atom. The molecule has 0 aliphatic heterocycles. The van der Waals surface area contributed by atoms with E-state index < -0.39 is 44.8 Å². The first kappa shape index (κ1) is 20.2. The van der Waals surface area contributed by atoms with Gasteiger partial charge in [-0.15, -0.1) is 0 Å². The highest BCUT2D eigenvalue weighted by molar-refractivity contribution is 5.89. The number of carboxylic acids is 2. The summed E-state index contributed by atoms with van der Waals surface area (Å²) in [5.41, 5.74) is 4.23. The van der Waals surface area contributed by atoms with E-state index in [9.17, 15) is 29.8 Å². The maximum atomic E-state index is 10.5. The molecule has 0 heterocycles. The van der Waals surface area contributed by atoms with Crippen LogP contribution in [0.4, 0.5) is 11.4 Å². The largest absolute Gasteiger partial charge is 0.480 e. The van der Waals surface area contributed by atoms with Crippen molar-refractivity contribution < 1.29 is 29.6 Å². The third kappa shape index (κ3) is 5.65. The van der Waals surface area contributed by atoms with Crippen LogP contribution in [0, 0.1) is 20.2 Å². The molecule has 26 heavy (non-hydrogen) atoms. The lowest BCUT2D eigenvalue weighted by atomic mass is 10.1. The second kappa shape index (κ2) is 8.84. The van der Waals surface area contributed by atoms with Gasteiger partial charge in [-0.1, -0.05) is 30.3 Å². The highest BCUT2D eigenvalue weighted by atomic mass is 16.6. The number of aliphatic carboxylic acids is 1. The molecule has 0 aliphatic rings. The lowest BCUT2D eigenvalue weighted by Gasteiger charge is -2.04. The quantitative estimate of drug-likeness (QED) is 0.527. The van der Waals surface area contributed by atoms with Crippen molar-refractivity contribution in [3.05, 3.63) is 79.9 Å². The van der Waals surface area contributed by atoms with Gasteiger partial charge in [0.15, 0.2) is 0 Å².